The van der Waals surface area contributed by atoms with E-state index in [1.54, 1.807) is 18.2 Å². The quantitative estimate of drug-likeness (QED) is 0.157. The SMILES string of the molecule is CCN(CC)c1ccc(/C=C(/NC(=O)c2ccccc2Cl)C(=O)N/N=C/c2cc3c(cc2[N+](=O)[O-])OCO3)cc1. The van der Waals surface area contributed by atoms with Gasteiger partial charge in [0.2, 0.25) is 6.79 Å². The van der Waals surface area contributed by atoms with Crippen LogP contribution in [-0.2, 0) is 4.79 Å². The summed E-state index contributed by atoms with van der Waals surface area (Å²) < 4.78 is 10.5. The van der Waals surface area contributed by atoms with Gasteiger partial charge >= 0.3 is 0 Å². The molecule has 3 aromatic carbocycles. The van der Waals surface area contributed by atoms with Crippen molar-refractivity contribution in [2.75, 3.05) is 24.8 Å². The first kappa shape index (κ1) is 28.1. The Morgan fingerprint density at radius 2 is 1.75 bits per heavy atom. The van der Waals surface area contributed by atoms with Gasteiger partial charge in [-0.25, -0.2) is 5.43 Å². The van der Waals surface area contributed by atoms with Crippen molar-refractivity contribution in [2.45, 2.75) is 13.8 Å². The van der Waals surface area contributed by atoms with Gasteiger partial charge < -0.3 is 19.7 Å². The molecule has 2 amide bonds. The van der Waals surface area contributed by atoms with Crippen LogP contribution in [0.1, 0.15) is 35.3 Å². The molecule has 2 N–H and O–H groups in total. The number of hydrazone groups is 1. The molecule has 1 aliphatic heterocycles. The lowest BCUT2D eigenvalue weighted by molar-refractivity contribution is -0.385. The zero-order valence-electron chi connectivity index (χ0n) is 21.7. The lowest BCUT2D eigenvalue weighted by Crippen LogP contribution is -2.33. The number of fused-ring (bicyclic) bond motifs is 1. The van der Waals surface area contributed by atoms with Crippen LogP contribution in [0.3, 0.4) is 0 Å². The molecule has 206 valence electrons. The van der Waals surface area contributed by atoms with Crippen LogP contribution >= 0.6 is 11.6 Å². The minimum atomic E-state index is -0.757. The first-order chi connectivity index (χ1) is 19.3. The second kappa shape index (κ2) is 12.8. The highest BCUT2D eigenvalue weighted by molar-refractivity contribution is 6.34. The van der Waals surface area contributed by atoms with Crippen molar-refractivity contribution < 1.29 is 24.0 Å². The van der Waals surface area contributed by atoms with Gasteiger partial charge in [0.05, 0.1) is 33.4 Å². The number of anilines is 1. The van der Waals surface area contributed by atoms with Crippen LogP contribution in [0.4, 0.5) is 11.4 Å². The van der Waals surface area contributed by atoms with E-state index < -0.39 is 16.7 Å². The van der Waals surface area contributed by atoms with Crippen molar-refractivity contribution in [1.29, 1.82) is 0 Å². The highest BCUT2D eigenvalue weighted by Gasteiger charge is 2.23. The fourth-order valence-electron chi connectivity index (χ4n) is 3.96. The van der Waals surface area contributed by atoms with E-state index in [0.29, 0.717) is 11.3 Å². The second-order valence-electron chi connectivity index (χ2n) is 8.48. The Morgan fingerprint density at radius 3 is 2.40 bits per heavy atom. The van der Waals surface area contributed by atoms with Crippen LogP contribution < -0.4 is 25.1 Å². The Balaban J connectivity index is 1.60. The standard InChI is InChI=1S/C28H26ClN5O6/c1-3-33(4-2)20-11-9-18(10-12-20)13-23(31-27(35)21-7-5-6-8-22(21)29)28(36)32-30-16-19-14-25-26(40-17-39-25)15-24(19)34(37)38/h5-16H,3-4,17H2,1-2H3,(H,31,35)(H,32,36)/b23-13+,30-16+. The molecule has 0 bridgehead atoms. The van der Waals surface area contributed by atoms with Crippen LogP contribution in [-0.4, -0.2) is 42.8 Å². The van der Waals surface area contributed by atoms with Crippen LogP contribution in [0, 0.1) is 10.1 Å². The zero-order valence-corrected chi connectivity index (χ0v) is 22.5. The van der Waals surface area contributed by atoms with Crippen molar-refractivity contribution >= 4 is 47.1 Å². The fourth-order valence-corrected chi connectivity index (χ4v) is 4.18. The maximum Gasteiger partial charge on any atom is 0.287 e. The number of nitrogens with one attached hydrogen (secondary N) is 2. The van der Waals surface area contributed by atoms with Gasteiger partial charge in [-0.05, 0) is 55.8 Å². The van der Waals surface area contributed by atoms with Gasteiger partial charge in [-0.15, -0.1) is 0 Å². The number of ether oxygens (including phenoxy) is 2. The summed E-state index contributed by atoms with van der Waals surface area (Å²) in [6, 6.07) is 16.5. The van der Waals surface area contributed by atoms with Crippen LogP contribution in [0.2, 0.25) is 5.02 Å². The molecule has 0 aliphatic carbocycles. The normalized spacial score (nSPS) is 12.3. The van der Waals surface area contributed by atoms with E-state index in [0.717, 1.165) is 25.0 Å². The van der Waals surface area contributed by atoms with Gasteiger partial charge in [0.15, 0.2) is 11.5 Å². The number of carbonyl (C=O) groups is 2. The summed E-state index contributed by atoms with van der Waals surface area (Å²) in [5.41, 5.74) is 3.86. The van der Waals surface area contributed by atoms with E-state index in [1.807, 2.05) is 24.3 Å². The van der Waals surface area contributed by atoms with E-state index in [9.17, 15) is 19.7 Å². The number of nitro groups is 1. The smallest absolute Gasteiger partial charge is 0.287 e. The molecular weight excluding hydrogens is 538 g/mol. The summed E-state index contributed by atoms with van der Waals surface area (Å²) in [7, 11) is 0. The molecule has 40 heavy (non-hydrogen) atoms. The topological polar surface area (TPSA) is 135 Å². The number of nitro benzene ring substituents is 1. The summed E-state index contributed by atoms with van der Waals surface area (Å²) >= 11 is 6.17. The molecular formula is C28H26ClN5O6. The summed E-state index contributed by atoms with van der Waals surface area (Å²) in [4.78, 5) is 39.2. The molecule has 11 nitrogen and oxygen atoms in total. The highest BCUT2D eigenvalue weighted by Crippen LogP contribution is 2.37. The van der Waals surface area contributed by atoms with E-state index in [-0.39, 0.29) is 40.1 Å². The van der Waals surface area contributed by atoms with Crippen LogP contribution in [0.15, 0.2) is 71.5 Å². The molecule has 0 atom stereocenters. The van der Waals surface area contributed by atoms with E-state index in [2.05, 4.69) is 34.6 Å². The van der Waals surface area contributed by atoms with Gasteiger partial charge in [-0.2, -0.15) is 5.10 Å². The maximum atomic E-state index is 13.1. The molecule has 0 aromatic heterocycles. The average molecular weight is 564 g/mol. The first-order valence-electron chi connectivity index (χ1n) is 12.3. The third kappa shape index (κ3) is 6.56. The van der Waals surface area contributed by atoms with Gasteiger partial charge in [-0.1, -0.05) is 35.9 Å². The first-order valence-corrected chi connectivity index (χ1v) is 12.7. The average Bonchev–Trinajstić information content (AvgIpc) is 3.41. The molecule has 1 heterocycles. The van der Waals surface area contributed by atoms with Gasteiger partial charge in [0.25, 0.3) is 17.5 Å². The molecule has 3 aromatic rings. The van der Waals surface area contributed by atoms with E-state index >= 15 is 0 Å². The van der Waals surface area contributed by atoms with E-state index in [4.69, 9.17) is 21.1 Å². The number of benzene rings is 3. The number of amides is 2. The Bertz CT molecular complexity index is 1490. The van der Waals surface area contributed by atoms with Gasteiger partial charge in [0, 0.05) is 18.8 Å². The van der Waals surface area contributed by atoms with Crippen molar-refractivity contribution in [2.24, 2.45) is 5.10 Å². The summed E-state index contributed by atoms with van der Waals surface area (Å²) in [5, 5.41) is 18.2. The third-order valence-corrected chi connectivity index (χ3v) is 6.36. The number of nitrogens with zero attached hydrogens (tertiary/aromatic N) is 3. The Morgan fingerprint density at radius 1 is 1.07 bits per heavy atom. The molecule has 12 heteroatoms. The zero-order chi connectivity index (χ0) is 28.6. The second-order valence-corrected chi connectivity index (χ2v) is 8.88. The van der Waals surface area contributed by atoms with Gasteiger partial charge in [0.1, 0.15) is 5.70 Å². The number of rotatable bonds is 10. The maximum absolute atomic E-state index is 13.1. The predicted molar refractivity (Wildman–Crippen MR) is 152 cm³/mol. The van der Waals surface area contributed by atoms with Crippen molar-refractivity contribution in [3.05, 3.63) is 98.2 Å². The lowest BCUT2D eigenvalue weighted by Gasteiger charge is -2.21. The number of halogens is 1. The number of hydrogen-bond acceptors (Lipinski definition) is 8. The summed E-state index contributed by atoms with van der Waals surface area (Å²) in [6.45, 7) is 5.74. The van der Waals surface area contributed by atoms with Gasteiger partial charge in [-0.3, -0.25) is 19.7 Å². The number of hydrogen-bond donors (Lipinski definition) is 2. The van der Waals surface area contributed by atoms with Crippen molar-refractivity contribution in [3.63, 3.8) is 0 Å². The molecule has 1 aliphatic rings. The summed E-state index contributed by atoms with van der Waals surface area (Å²) in [6.07, 6.45) is 2.61. The molecule has 0 spiro atoms. The number of carbonyl (C=O) groups excluding carboxylic acids is 2. The third-order valence-electron chi connectivity index (χ3n) is 6.03. The van der Waals surface area contributed by atoms with Crippen molar-refractivity contribution in [1.82, 2.24) is 10.7 Å². The largest absolute Gasteiger partial charge is 0.454 e. The van der Waals surface area contributed by atoms with Crippen molar-refractivity contribution in [3.8, 4) is 11.5 Å². The predicted octanol–water partition coefficient (Wildman–Crippen LogP) is 4.74. The minimum absolute atomic E-state index is 0.0565. The highest BCUT2D eigenvalue weighted by atomic mass is 35.5. The molecule has 0 saturated heterocycles. The Labute approximate surface area is 235 Å². The summed E-state index contributed by atoms with van der Waals surface area (Å²) in [5.74, 6) is -0.790. The molecule has 0 fully saturated rings. The fraction of sp³-hybridized carbons (Fsp3) is 0.179. The molecule has 4 rings (SSSR count). The molecule has 0 saturated carbocycles. The molecule has 0 unspecified atom stereocenters. The lowest BCUT2D eigenvalue weighted by atomic mass is 10.1. The Kier molecular flexibility index (Phi) is 8.97. The monoisotopic (exact) mass is 563 g/mol. The van der Waals surface area contributed by atoms with Crippen LogP contribution in [0.5, 0.6) is 11.5 Å². The Hall–Kier alpha value is -4.90. The minimum Gasteiger partial charge on any atom is -0.454 e. The van der Waals surface area contributed by atoms with Crippen LogP contribution in [0.25, 0.3) is 6.08 Å². The van der Waals surface area contributed by atoms with E-state index in [1.165, 1.54) is 24.3 Å². The molecule has 0 radical (unpaired) electrons.